The number of carbonyl (C=O) groups is 1. The average molecular weight is 408 g/mol. The van der Waals surface area contributed by atoms with Crippen LogP contribution in [0.15, 0.2) is 23.8 Å². The van der Waals surface area contributed by atoms with Crippen molar-refractivity contribution in [1.29, 1.82) is 0 Å². The maximum absolute atomic E-state index is 14.1. The fraction of sp³-hybridized carbons (Fsp3) is 0.609. The molecule has 1 atom stereocenters. The van der Waals surface area contributed by atoms with Crippen LogP contribution in [-0.4, -0.2) is 25.3 Å². The molecule has 4 nitrogen and oxygen atoms in total. The molecule has 0 saturated heterocycles. The van der Waals surface area contributed by atoms with Gasteiger partial charge < -0.3 is 14.2 Å². The van der Waals surface area contributed by atoms with Gasteiger partial charge in [-0.15, -0.1) is 0 Å². The van der Waals surface area contributed by atoms with Gasteiger partial charge in [-0.2, -0.15) is 8.78 Å². The first-order valence-corrected chi connectivity index (χ1v) is 10.7. The first-order chi connectivity index (χ1) is 14.0. The van der Waals surface area contributed by atoms with Gasteiger partial charge in [-0.25, -0.2) is 4.79 Å². The maximum Gasteiger partial charge on any atom is 0.341 e. The minimum Gasteiger partial charge on any atom is -0.491 e. The van der Waals surface area contributed by atoms with Gasteiger partial charge in [0.25, 0.3) is 0 Å². The van der Waals surface area contributed by atoms with Crippen molar-refractivity contribution in [3.63, 3.8) is 0 Å². The van der Waals surface area contributed by atoms with Crippen LogP contribution in [-0.2, 0) is 9.53 Å². The second-order valence-corrected chi connectivity index (χ2v) is 7.90. The summed E-state index contributed by atoms with van der Waals surface area (Å²) >= 11 is 0. The lowest BCUT2D eigenvalue weighted by Gasteiger charge is -2.35. The molecule has 1 heterocycles. The van der Waals surface area contributed by atoms with E-state index >= 15 is 0 Å². The van der Waals surface area contributed by atoms with Crippen molar-refractivity contribution in [3.05, 3.63) is 35.4 Å². The van der Waals surface area contributed by atoms with Crippen molar-refractivity contribution in [3.8, 4) is 11.5 Å². The van der Waals surface area contributed by atoms with Crippen LogP contribution < -0.4 is 9.47 Å². The monoisotopic (exact) mass is 408 g/mol. The molecule has 160 valence electrons. The van der Waals surface area contributed by atoms with Gasteiger partial charge >= 0.3 is 5.97 Å². The summed E-state index contributed by atoms with van der Waals surface area (Å²) in [5.41, 5.74) is 0.342. The Hall–Kier alpha value is -1.95. The van der Waals surface area contributed by atoms with Crippen LogP contribution in [0, 0.1) is 23.5 Å². The summed E-state index contributed by atoms with van der Waals surface area (Å²) in [7, 11) is 0. The molecule has 1 aliphatic heterocycles. The third-order valence-electron chi connectivity index (χ3n) is 5.94. The van der Waals surface area contributed by atoms with Crippen molar-refractivity contribution >= 4 is 5.97 Å². The second-order valence-electron chi connectivity index (χ2n) is 7.90. The van der Waals surface area contributed by atoms with E-state index in [9.17, 15) is 13.6 Å². The Labute approximate surface area is 171 Å². The Morgan fingerprint density at radius 1 is 1.10 bits per heavy atom. The fourth-order valence-electron chi connectivity index (χ4n) is 4.34. The molecule has 3 rings (SSSR count). The summed E-state index contributed by atoms with van der Waals surface area (Å²) in [6.45, 7) is 4.25. The Kier molecular flexibility index (Phi) is 7.64. The van der Waals surface area contributed by atoms with Crippen LogP contribution in [0.4, 0.5) is 8.78 Å². The molecule has 1 aromatic rings. The molecule has 0 amide bonds. The van der Waals surface area contributed by atoms with E-state index in [1.807, 2.05) is 6.08 Å². The SMILES string of the molecule is CCCC1CCC(C2CC=C(C(=O)Oc3ccc(OCC)c(F)c3F)CO2)CC1. The summed E-state index contributed by atoms with van der Waals surface area (Å²) in [6.07, 6.45) is 9.96. The highest BCUT2D eigenvalue weighted by molar-refractivity contribution is 5.90. The highest BCUT2D eigenvalue weighted by atomic mass is 19.2. The number of benzene rings is 1. The molecule has 6 heteroatoms. The average Bonchev–Trinajstić information content (AvgIpc) is 2.74. The van der Waals surface area contributed by atoms with Gasteiger partial charge in [0.15, 0.2) is 11.5 Å². The molecule has 0 aromatic heterocycles. The molecule has 1 unspecified atom stereocenters. The van der Waals surface area contributed by atoms with Gasteiger partial charge in [-0.1, -0.05) is 38.7 Å². The fourth-order valence-corrected chi connectivity index (χ4v) is 4.34. The van der Waals surface area contributed by atoms with Crippen LogP contribution in [0.1, 0.15) is 58.8 Å². The first kappa shape index (κ1) is 21.8. The van der Waals surface area contributed by atoms with Crippen LogP contribution >= 0.6 is 0 Å². The minimum atomic E-state index is -1.23. The third kappa shape index (κ3) is 5.35. The molecule has 1 saturated carbocycles. The molecule has 0 radical (unpaired) electrons. The summed E-state index contributed by atoms with van der Waals surface area (Å²) in [4.78, 5) is 12.3. The highest BCUT2D eigenvalue weighted by Crippen LogP contribution is 2.36. The maximum atomic E-state index is 14.1. The van der Waals surface area contributed by atoms with Crippen molar-refractivity contribution in [2.75, 3.05) is 13.2 Å². The lowest BCUT2D eigenvalue weighted by atomic mass is 9.77. The summed E-state index contributed by atoms with van der Waals surface area (Å²) < 4.78 is 44.1. The Balaban J connectivity index is 1.55. The molecule has 1 aromatic carbocycles. The zero-order chi connectivity index (χ0) is 20.8. The molecule has 0 N–H and O–H groups in total. The summed E-state index contributed by atoms with van der Waals surface area (Å²) in [6, 6.07) is 2.45. The summed E-state index contributed by atoms with van der Waals surface area (Å²) in [5.74, 6) is -2.40. The van der Waals surface area contributed by atoms with E-state index in [1.165, 1.54) is 50.7 Å². The lowest BCUT2D eigenvalue weighted by molar-refractivity contribution is -0.132. The van der Waals surface area contributed by atoms with Crippen LogP contribution in [0.5, 0.6) is 11.5 Å². The van der Waals surface area contributed by atoms with Crippen molar-refractivity contribution in [2.45, 2.75) is 64.9 Å². The van der Waals surface area contributed by atoms with E-state index in [0.717, 1.165) is 5.92 Å². The predicted molar refractivity (Wildman–Crippen MR) is 106 cm³/mol. The van der Waals surface area contributed by atoms with Crippen LogP contribution in [0.25, 0.3) is 0 Å². The number of rotatable bonds is 7. The molecule has 0 bridgehead atoms. The number of esters is 1. The predicted octanol–water partition coefficient (Wildman–Crippen LogP) is 5.59. The standard InChI is InChI=1S/C23H30F2O4/c1-3-5-15-6-8-16(9-7-15)18-11-10-17(14-28-18)23(26)29-20-13-12-19(27-4-2)21(24)22(20)25/h10,12-13,15-16,18H,3-9,11,14H2,1-2H3. The quantitative estimate of drug-likeness (QED) is 0.436. The smallest absolute Gasteiger partial charge is 0.341 e. The zero-order valence-electron chi connectivity index (χ0n) is 17.2. The van der Waals surface area contributed by atoms with Crippen molar-refractivity contribution in [2.24, 2.45) is 11.8 Å². The van der Waals surface area contributed by atoms with Gasteiger partial charge in [0, 0.05) is 0 Å². The molecule has 0 spiro atoms. The van der Waals surface area contributed by atoms with Gasteiger partial charge in [-0.05, 0) is 50.2 Å². The topological polar surface area (TPSA) is 44.8 Å². The number of halogens is 2. The van der Waals surface area contributed by atoms with Gasteiger partial charge in [0.1, 0.15) is 0 Å². The van der Waals surface area contributed by atoms with Crippen molar-refractivity contribution < 1.29 is 27.8 Å². The highest BCUT2D eigenvalue weighted by Gasteiger charge is 2.31. The molecule has 2 aliphatic rings. The molecule has 29 heavy (non-hydrogen) atoms. The summed E-state index contributed by atoms with van der Waals surface area (Å²) in [5, 5.41) is 0. The first-order valence-electron chi connectivity index (χ1n) is 10.7. The van der Waals surface area contributed by atoms with Crippen LogP contribution in [0.3, 0.4) is 0 Å². The van der Waals surface area contributed by atoms with Gasteiger partial charge in [0.2, 0.25) is 11.6 Å². The third-order valence-corrected chi connectivity index (χ3v) is 5.94. The van der Waals surface area contributed by atoms with Crippen molar-refractivity contribution in [1.82, 2.24) is 0 Å². The van der Waals surface area contributed by atoms with E-state index in [1.54, 1.807) is 6.92 Å². The zero-order valence-corrected chi connectivity index (χ0v) is 17.2. The van der Waals surface area contributed by atoms with E-state index < -0.39 is 23.4 Å². The van der Waals surface area contributed by atoms with Gasteiger partial charge in [0.05, 0.1) is 24.9 Å². The van der Waals surface area contributed by atoms with Gasteiger partial charge in [-0.3, -0.25) is 0 Å². The molecular weight excluding hydrogens is 378 g/mol. The van der Waals surface area contributed by atoms with E-state index in [2.05, 4.69) is 6.92 Å². The minimum absolute atomic E-state index is 0.119. The van der Waals surface area contributed by atoms with E-state index in [-0.39, 0.29) is 25.1 Å². The van der Waals surface area contributed by atoms with E-state index in [0.29, 0.717) is 17.9 Å². The Bertz CT molecular complexity index is 739. The number of hydrogen-bond acceptors (Lipinski definition) is 4. The Morgan fingerprint density at radius 2 is 1.79 bits per heavy atom. The molecule has 1 aliphatic carbocycles. The second kappa shape index (κ2) is 10.2. The Morgan fingerprint density at radius 3 is 2.41 bits per heavy atom. The van der Waals surface area contributed by atoms with E-state index in [4.69, 9.17) is 14.2 Å². The normalized spacial score (nSPS) is 24.7. The molecular formula is C23H30F2O4. The lowest BCUT2D eigenvalue weighted by Crippen LogP contribution is -2.32. The van der Waals surface area contributed by atoms with Crippen LogP contribution in [0.2, 0.25) is 0 Å². The largest absolute Gasteiger partial charge is 0.491 e. The number of hydrogen-bond donors (Lipinski definition) is 0. The number of carbonyl (C=O) groups excluding carboxylic acids is 1. The molecule has 1 fully saturated rings. The number of ether oxygens (including phenoxy) is 3.